The number of aryl methyl sites for hydroxylation is 1. The molecule has 0 N–H and O–H groups in total. The van der Waals surface area contributed by atoms with Crippen molar-refractivity contribution in [2.45, 2.75) is 46.0 Å². The monoisotopic (exact) mass is 334 g/mol. The fraction of sp³-hybridized carbons (Fsp3) is 0.304. The van der Waals surface area contributed by atoms with E-state index in [2.05, 4.69) is 57.2 Å². The van der Waals surface area contributed by atoms with Gasteiger partial charge in [-0.25, -0.2) is 0 Å². The molecule has 0 amide bonds. The zero-order chi connectivity index (χ0) is 18.4. The minimum atomic E-state index is -0.112. The lowest BCUT2D eigenvalue weighted by Crippen LogP contribution is -2.19. The molecular formula is C23H26O2. The van der Waals surface area contributed by atoms with Gasteiger partial charge in [-0.05, 0) is 47.8 Å². The number of ketones is 2. The lowest BCUT2D eigenvalue weighted by atomic mass is 9.77. The first-order valence-corrected chi connectivity index (χ1v) is 8.73. The van der Waals surface area contributed by atoms with E-state index in [4.69, 9.17) is 0 Å². The third-order valence-corrected chi connectivity index (χ3v) is 4.64. The van der Waals surface area contributed by atoms with Crippen LogP contribution in [0.5, 0.6) is 0 Å². The Bertz CT molecular complexity index is 763. The summed E-state index contributed by atoms with van der Waals surface area (Å²) in [4.78, 5) is 22.7. The van der Waals surface area contributed by atoms with E-state index in [-0.39, 0.29) is 17.0 Å². The van der Waals surface area contributed by atoms with Crippen molar-refractivity contribution in [3.05, 3.63) is 82.9 Å². The van der Waals surface area contributed by atoms with Crippen LogP contribution in [0.1, 0.15) is 49.9 Å². The van der Waals surface area contributed by atoms with E-state index in [1.807, 2.05) is 12.1 Å². The maximum atomic E-state index is 11.8. The van der Waals surface area contributed by atoms with E-state index in [9.17, 15) is 9.59 Å². The number of carbonyl (C=O) groups excluding carboxylic acids is 2. The fourth-order valence-corrected chi connectivity index (χ4v) is 2.83. The zero-order valence-corrected chi connectivity index (χ0v) is 15.5. The molecule has 2 aromatic carbocycles. The van der Waals surface area contributed by atoms with Gasteiger partial charge in [-0.2, -0.15) is 0 Å². The Balaban J connectivity index is 2.14. The molecule has 0 bridgehead atoms. The summed E-state index contributed by atoms with van der Waals surface area (Å²) in [5, 5.41) is 0. The van der Waals surface area contributed by atoms with Gasteiger partial charge in [-0.15, -0.1) is 0 Å². The van der Waals surface area contributed by atoms with Gasteiger partial charge in [0, 0.05) is 11.8 Å². The van der Waals surface area contributed by atoms with E-state index in [0.29, 0.717) is 6.42 Å². The Hall–Kier alpha value is -2.48. The predicted molar refractivity (Wildman–Crippen MR) is 103 cm³/mol. The van der Waals surface area contributed by atoms with Crippen LogP contribution in [0, 0.1) is 0 Å². The molecule has 25 heavy (non-hydrogen) atoms. The topological polar surface area (TPSA) is 34.1 Å². The van der Waals surface area contributed by atoms with Crippen molar-refractivity contribution in [1.29, 1.82) is 0 Å². The van der Waals surface area contributed by atoms with Crippen LogP contribution in [0.3, 0.4) is 0 Å². The SMILES string of the molecule is CCc1ccc(C(C)(C)c2ccc(CC(=O)/C=C/C(C)=O)cc2)cc1. The van der Waals surface area contributed by atoms with Crippen LogP contribution in [-0.4, -0.2) is 11.6 Å². The van der Waals surface area contributed by atoms with E-state index < -0.39 is 0 Å². The second-order valence-corrected chi connectivity index (χ2v) is 6.96. The molecule has 130 valence electrons. The molecule has 0 atom stereocenters. The molecule has 2 heteroatoms. The lowest BCUT2D eigenvalue weighted by molar-refractivity contribution is -0.115. The van der Waals surface area contributed by atoms with Crippen LogP contribution in [0.15, 0.2) is 60.7 Å². The maximum absolute atomic E-state index is 11.8. The molecule has 2 rings (SSSR count). The molecule has 2 aromatic rings. The maximum Gasteiger partial charge on any atom is 0.160 e. The molecule has 0 unspecified atom stereocenters. The number of rotatable bonds is 7. The van der Waals surface area contributed by atoms with Crippen LogP contribution in [-0.2, 0) is 27.8 Å². The van der Waals surface area contributed by atoms with Gasteiger partial charge in [0.05, 0.1) is 0 Å². The molecule has 0 aliphatic carbocycles. The summed E-state index contributed by atoms with van der Waals surface area (Å²) in [5.41, 5.74) is 4.69. The highest BCUT2D eigenvalue weighted by Crippen LogP contribution is 2.31. The normalized spacial score (nSPS) is 11.7. The highest BCUT2D eigenvalue weighted by atomic mass is 16.1. The molecule has 0 aromatic heterocycles. The predicted octanol–water partition coefficient (Wildman–Crippen LogP) is 4.83. The average molecular weight is 334 g/mol. The summed E-state index contributed by atoms with van der Waals surface area (Å²) in [6, 6.07) is 16.9. The van der Waals surface area contributed by atoms with Crippen molar-refractivity contribution < 1.29 is 9.59 Å². The Morgan fingerprint density at radius 2 is 1.32 bits per heavy atom. The first-order chi connectivity index (χ1) is 11.8. The Kier molecular flexibility index (Phi) is 6.08. The summed E-state index contributed by atoms with van der Waals surface area (Å²) < 4.78 is 0. The summed E-state index contributed by atoms with van der Waals surface area (Å²) in [5.74, 6) is -0.170. The molecule has 2 nitrogen and oxygen atoms in total. The van der Waals surface area contributed by atoms with E-state index >= 15 is 0 Å². The third-order valence-electron chi connectivity index (χ3n) is 4.64. The molecule has 0 saturated carbocycles. The van der Waals surface area contributed by atoms with Crippen LogP contribution in [0.4, 0.5) is 0 Å². The van der Waals surface area contributed by atoms with Gasteiger partial charge in [0.1, 0.15) is 0 Å². The van der Waals surface area contributed by atoms with Crippen molar-refractivity contribution in [2.24, 2.45) is 0 Å². The highest BCUT2D eigenvalue weighted by Gasteiger charge is 2.22. The quantitative estimate of drug-likeness (QED) is 0.680. The molecular weight excluding hydrogens is 308 g/mol. The summed E-state index contributed by atoms with van der Waals surface area (Å²) >= 11 is 0. The third kappa shape index (κ3) is 4.99. The smallest absolute Gasteiger partial charge is 0.160 e. The Labute approximate surface area is 150 Å². The van der Waals surface area contributed by atoms with Crippen molar-refractivity contribution >= 4 is 11.6 Å². The van der Waals surface area contributed by atoms with Crippen molar-refractivity contribution in [3.63, 3.8) is 0 Å². The van der Waals surface area contributed by atoms with E-state index in [1.165, 1.54) is 35.8 Å². The number of benzene rings is 2. The number of hydrogen-bond acceptors (Lipinski definition) is 2. The highest BCUT2D eigenvalue weighted by molar-refractivity contribution is 5.98. The van der Waals surface area contributed by atoms with Crippen molar-refractivity contribution in [2.75, 3.05) is 0 Å². The van der Waals surface area contributed by atoms with Gasteiger partial charge >= 0.3 is 0 Å². The van der Waals surface area contributed by atoms with Gasteiger partial charge in [0.15, 0.2) is 11.6 Å². The molecule has 0 radical (unpaired) electrons. The van der Waals surface area contributed by atoms with Gasteiger partial charge in [-0.3, -0.25) is 9.59 Å². The standard InChI is InChI=1S/C23H26O2/c1-5-18-7-11-20(12-8-18)23(3,4)21-13-9-19(10-14-21)16-22(25)15-6-17(2)24/h6-15H,5,16H2,1-4H3/b15-6+. The first kappa shape index (κ1) is 18.9. The van der Waals surface area contributed by atoms with Crippen LogP contribution in [0.2, 0.25) is 0 Å². The second-order valence-electron chi connectivity index (χ2n) is 6.96. The number of allylic oxidation sites excluding steroid dienone is 2. The van der Waals surface area contributed by atoms with Gasteiger partial charge < -0.3 is 0 Å². The van der Waals surface area contributed by atoms with E-state index in [0.717, 1.165) is 12.0 Å². The summed E-state index contributed by atoms with van der Waals surface area (Å²) in [7, 11) is 0. The Morgan fingerprint density at radius 1 is 0.840 bits per heavy atom. The molecule has 0 heterocycles. The lowest BCUT2D eigenvalue weighted by Gasteiger charge is -2.26. The first-order valence-electron chi connectivity index (χ1n) is 8.73. The Morgan fingerprint density at radius 3 is 1.76 bits per heavy atom. The molecule has 0 fully saturated rings. The van der Waals surface area contributed by atoms with Gasteiger partial charge in [0.2, 0.25) is 0 Å². The molecule has 0 aliphatic rings. The fourth-order valence-electron chi connectivity index (χ4n) is 2.83. The zero-order valence-electron chi connectivity index (χ0n) is 15.5. The van der Waals surface area contributed by atoms with Crippen LogP contribution >= 0.6 is 0 Å². The number of hydrogen-bond donors (Lipinski definition) is 0. The summed E-state index contributed by atoms with van der Waals surface area (Å²) in [6.07, 6.45) is 4.03. The molecule has 0 aliphatic heterocycles. The van der Waals surface area contributed by atoms with E-state index in [1.54, 1.807) is 0 Å². The minimum Gasteiger partial charge on any atom is -0.295 e. The van der Waals surface area contributed by atoms with Crippen LogP contribution < -0.4 is 0 Å². The summed E-state index contributed by atoms with van der Waals surface area (Å²) in [6.45, 7) is 8.02. The van der Waals surface area contributed by atoms with Crippen molar-refractivity contribution in [1.82, 2.24) is 0 Å². The largest absolute Gasteiger partial charge is 0.295 e. The molecule has 0 spiro atoms. The number of carbonyl (C=O) groups is 2. The second kappa shape index (κ2) is 8.06. The van der Waals surface area contributed by atoms with Crippen molar-refractivity contribution in [3.8, 4) is 0 Å². The minimum absolute atomic E-state index is 0.0580. The van der Waals surface area contributed by atoms with Gasteiger partial charge in [0.25, 0.3) is 0 Å². The van der Waals surface area contributed by atoms with Gasteiger partial charge in [-0.1, -0.05) is 69.3 Å². The molecule has 0 saturated heterocycles. The van der Waals surface area contributed by atoms with Crippen LogP contribution in [0.25, 0.3) is 0 Å². The average Bonchev–Trinajstić information content (AvgIpc) is 2.60.